The number of anilines is 1. The molecule has 2 aromatic heterocycles. The minimum absolute atomic E-state index is 0.0224. The van der Waals surface area contributed by atoms with Crippen LogP contribution in [0.1, 0.15) is 104 Å². The number of esters is 1. The fourth-order valence-corrected chi connectivity index (χ4v) is 5.49. The van der Waals surface area contributed by atoms with Gasteiger partial charge in [0.2, 0.25) is 5.60 Å². The predicted molar refractivity (Wildman–Crippen MR) is 146 cm³/mol. The fraction of sp³-hybridized carbons (Fsp3) is 0.690. The molecule has 2 N–H and O–H groups in total. The molecule has 0 bridgehead atoms. The highest BCUT2D eigenvalue weighted by Crippen LogP contribution is 2.46. The van der Waals surface area contributed by atoms with Gasteiger partial charge in [0.25, 0.3) is 0 Å². The second-order valence-electron chi connectivity index (χ2n) is 10.6. The number of nitriles is 1. The first-order valence-electron chi connectivity index (χ1n) is 15.1. The first-order valence-corrected chi connectivity index (χ1v) is 14.6. The van der Waals surface area contributed by atoms with Gasteiger partial charge in [0.15, 0.2) is 18.0 Å². The van der Waals surface area contributed by atoms with Crippen molar-refractivity contribution >= 4 is 23.5 Å². The van der Waals surface area contributed by atoms with E-state index in [9.17, 15) is 14.9 Å². The lowest BCUT2D eigenvalue weighted by Gasteiger charge is -2.24. The van der Waals surface area contributed by atoms with E-state index in [-0.39, 0.29) is 42.1 Å². The van der Waals surface area contributed by atoms with Crippen LogP contribution in [0.4, 0.5) is 10.6 Å². The maximum Gasteiger partial charge on any atom is 0.509 e. The van der Waals surface area contributed by atoms with Crippen LogP contribution >= 0.6 is 0 Å². The summed E-state index contributed by atoms with van der Waals surface area (Å²) < 4.78 is 31.7. The number of rotatable bonds is 17. The first kappa shape index (κ1) is 28.1. The van der Waals surface area contributed by atoms with Crippen LogP contribution in [-0.2, 0) is 29.3 Å². The molecule has 2 aromatic rings. The van der Waals surface area contributed by atoms with Crippen molar-refractivity contribution < 1.29 is 29.9 Å². The summed E-state index contributed by atoms with van der Waals surface area (Å²) in [5.41, 5.74) is 4.39. The molecule has 2 saturated heterocycles. The Hall–Kier alpha value is -3.39. The molecule has 0 unspecified atom stereocenters. The summed E-state index contributed by atoms with van der Waals surface area (Å²) in [7, 11) is 0. The second-order valence-corrected chi connectivity index (χ2v) is 10.6. The zero-order valence-electron chi connectivity index (χ0n) is 24.3. The minimum atomic E-state index is -1.86. The SMILES string of the molecule is [2H]c1cc([C@]2(C#N)O[C@H](COC(=O)CCCCCCCCCCCCCCC)[C@H]3OC(=O)O[C@H]32)n2ncnc(N)c12. The summed E-state index contributed by atoms with van der Waals surface area (Å²) in [6, 6.07) is 3.43. The highest BCUT2D eigenvalue weighted by atomic mass is 16.8. The summed E-state index contributed by atoms with van der Waals surface area (Å²) in [5.74, 6) is -0.327. The Labute approximate surface area is 236 Å². The number of ether oxygens (including phenoxy) is 4. The van der Waals surface area contributed by atoms with E-state index in [4.69, 9.17) is 26.1 Å². The Balaban J connectivity index is 1.22. The molecular formula is C29H41N5O6. The van der Waals surface area contributed by atoms with Crippen molar-refractivity contribution in [2.75, 3.05) is 12.3 Å². The molecule has 4 atom stereocenters. The number of fused-ring (bicyclic) bond motifs is 2. The molecule has 11 nitrogen and oxygen atoms in total. The lowest BCUT2D eigenvalue weighted by molar-refractivity contribution is -0.151. The van der Waals surface area contributed by atoms with Crippen LogP contribution in [0.15, 0.2) is 18.4 Å². The monoisotopic (exact) mass is 556 g/mol. The van der Waals surface area contributed by atoms with Gasteiger partial charge in [-0.25, -0.2) is 14.3 Å². The molecular weight excluding hydrogens is 514 g/mol. The highest BCUT2D eigenvalue weighted by molar-refractivity contribution is 5.69. The Morgan fingerprint density at radius 2 is 1.77 bits per heavy atom. The predicted octanol–water partition coefficient (Wildman–Crippen LogP) is 5.36. The van der Waals surface area contributed by atoms with Crippen LogP contribution in [-0.4, -0.2) is 51.6 Å². The zero-order chi connectivity index (χ0) is 29.2. The number of nitrogens with two attached hydrogens (primary N) is 1. The molecule has 0 aromatic carbocycles. The van der Waals surface area contributed by atoms with E-state index in [1.54, 1.807) is 0 Å². The van der Waals surface area contributed by atoms with Crippen molar-refractivity contribution in [3.05, 3.63) is 24.1 Å². The summed E-state index contributed by atoms with van der Waals surface area (Å²) in [4.78, 5) is 28.4. The van der Waals surface area contributed by atoms with Crippen LogP contribution in [0, 0.1) is 11.3 Å². The summed E-state index contributed by atoms with van der Waals surface area (Å²) in [6.07, 6.45) is 13.3. The molecule has 0 saturated carbocycles. The normalized spacial score (nSPS) is 23.9. The summed E-state index contributed by atoms with van der Waals surface area (Å²) in [5, 5.41) is 14.4. The van der Waals surface area contributed by atoms with Crippen LogP contribution in [0.5, 0.6) is 0 Å². The van der Waals surface area contributed by atoms with E-state index in [1.807, 2.05) is 0 Å². The molecule has 218 valence electrons. The van der Waals surface area contributed by atoms with Crippen molar-refractivity contribution in [2.24, 2.45) is 0 Å². The Morgan fingerprint density at radius 3 is 2.42 bits per heavy atom. The molecule has 0 radical (unpaired) electrons. The topological polar surface area (TPSA) is 151 Å². The van der Waals surface area contributed by atoms with E-state index < -0.39 is 30.1 Å². The average molecular weight is 557 g/mol. The molecule has 0 amide bonds. The van der Waals surface area contributed by atoms with Gasteiger partial charge < -0.3 is 24.7 Å². The third-order valence-corrected chi connectivity index (χ3v) is 7.69. The Bertz CT molecular complexity index is 1230. The molecule has 2 aliphatic rings. The van der Waals surface area contributed by atoms with Gasteiger partial charge in [0.05, 0.1) is 7.06 Å². The van der Waals surface area contributed by atoms with Crippen LogP contribution < -0.4 is 5.73 Å². The number of aromatic nitrogens is 3. The van der Waals surface area contributed by atoms with Crippen LogP contribution in [0.25, 0.3) is 5.52 Å². The zero-order valence-corrected chi connectivity index (χ0v) is 23.3. The quantitative estimate of drug-likeness (QED) is 0.199. The molecule has 0 spiro atoms. The third-order valence-electron chi connectivity index (χ3n) is 7.69. The van der Waals surface area contributed by atoms with Gasteiger partial charge >= 0.3 is 12.1 Å². The van der Waals surface area contributed by atoms with Crippen LogP contribution in [0.3, 0.4) is 0 Å². The maximum atomic E-state index is 12.4. The van der Waals surface area contributed by atoms with Crippen LogP contribution in [0.2, 0.25) is 0 Å². The fourth-order valence-electron chi connectivity index (χ4n) is 5.49. The van der Waals surface area contributed by atoms with Crippen molar-refractivity contribution in [3.8, 4) is 6.07 Å². The van der Waals surface area contributed by atoms with Crippen molar-refractivity contribution in [3.63, 3.8) is 0 Å². The number of nitrogen functional groups attached to an aromatic ring is 1. The minimum Gasteiger partial charge on any atom is -0.463 e. The maximum absolute atomic E-state index is 12.4. The van der Waals surface area contributed by atoms with E-state index >= 15 is 0 Å². The number of hydrogen-bond donors (Lipinski definition) is 1. The number of carbonyl (C=O) groups excluding carboxylic acids is 2. The smallest absolute Gasteiger partial charge is 0.463 e. The van der Waals surface area contributed by atoms with Crippen molar-refractivity contribution in [1.82, 2.24) is 14.6 Å². The van der Waals surface area contributed by atoms with Gasteiger partial charge in [-0.15, -0.1) is 0 Å². The summed E-state index contributed by atoms with van der Waals surface area (Å²) in [6.45, 7) is 2.03. The molecule has 11 heteroatoms. The number of unbranched alkanes of at least 4 members (excludes halogenated alkanes) is 12. The lowest BCUT2D eigenvalue weighted by atomic mass is 9.92. The lowest BCUT2D eigenvalue weighted by Crippen LogP contribution is -2.39. The van der Waals surface area contributed by atoms with Gasteiger partial charge in [-0.05, 0) is 18.5 Å². The number of nitrogens with zero attached hydrogens (tertiary/aromatic N) is 4. The van der Waals surface area contributed by atoms with Crippen molar-refractivity contribution in [1.29, 1.82) is 5.26 Å². The van der Waals surface area contributed by atoms with Gasteiger partial charge in [-0.1, -0.05) is 84.0 Å². The second kappa shape index (κ2) is 14.3. The third kappa shape index (κ3) is 6.84. The van der Waals surface area contributed by atoms with Crippen molar-refractivity contribution in [2.45, 2.75) is 121 Å². The molecule has 0 aliphatic carbocycles. The molecule has 40 heavy (non-hydrogen) atoms. The molecule has 2 fully saturated rings. The van der Waals surface area contributed by atoms with Gasteiger partial charge in [0.1, 0.15) is 30.6 Å². The van der Waals surface area contributed by atoms with E-state index in [0.717, 1.165) is 19.3 Å². The highest BCUT2D eigenvalue weighted by Gasteiger charge is 2.65. The number of carbonyl (C=O) groups is 2. The molecule has 2 aliphatic heterocycles. The van der Waals surface area contributed by atoms with E-state index in [1.165, 1.54) is 81.1 Å². The van der Waals surface area contributed by atoms with E-state index in [0.29, 0.717) is 0 Å². The van der Waals surface area contributed by atoms with E-state index in [2.05, 4.69) is 23.1 Å². The molecule has 4 rings (SSSR count). The van der Waals surface area contributed by atoms with Gasteiger partial charge in [-0.3, -0.25) is 4.79 Å². The largest absolute Gasteiger partial charge is 0.509 e. The Kier molecular flexibility index (Phi) is 10.1. The standard InChI is InChI=1S/C29H41N5O6/c1-2-3-4-5-6-7-8-9-10-11-12-13-14-15-24(35)37-18-22-25-26(39-28(36)38-25)29(19-30,40-22)23-17-16-21-27(31)32-20-33-34(21)23/h16-17,20,22,25-26H,2-15,18H2,1H3,(H2,31,32,33)/t22-,25-,26-,29+/m1/s1/i16D. The Morgan fingerprint density at radius 1 is 1.12 bits per heavy atom. The molecule has 4 heterocycles. The summed E-state index contributed by atoms with van der Waals surface area (Å²) >= 11 is 0. The first-order chi connectivity index (χ1) is 19.9. The number of hydrogen-bond acceptors (Lipinski definition) is 10. The van der Waals surface area contributed by atoms with Gasteiger partial charge in [-0.2, -0.15) is 10.4 Å². The van der Waals surface area contributed by atoms with Gasteiger partial charge in [0, 0.05) is 6.42 Å². The average Bonchev–Trinajstić information content (AvgIpc) is 3.61.